The van der Waals surface area contributed by atoms with E-state index < -0.39 is 0 Å². The van der Waals surface area contributed by atoms with Crippen molar-refractivity contribution in [1.82, 2.24) is 19.6 Å². The van der Waals surface area contributed by atoms with Crippen molar-refractivity contribution in [3.8, 4) is 11.3 Å². The van der Waals surface area contributed by atoms with E-state index in [1.807, 2.05) is 18.2 Å². The van der Waals surface area contributed by atoms with Gasteiger partial charge in [-0.3, -0.25) is 9.78 Å². The van der Waals surface area contributed by atoms with Gasteiger partial charge in [-0.1, -0.05) is 0 Å². The monoisotopic (exact) mass is 290 g/mol. The first-order valence-corrected chi connectivity index (χ1v) is 6.66. The van der Waals surface area contributed by atoms with E-state index in [0.29, 0.717) is 11.2 Å². The van der Waals surface area contributed by atoms with E-state index in [1.165, 1.54) is 12.5 Å². The summed E-state index contributed by atoms with van der Waals surface area (Å²) in [6.45, 7) is 0. The van der Waals surface area contributed by atoms with Gasteiger partial charge >= 0.3 is 0 Å². The maximum Gasteiger partial charge on any atom is 0.233 e. The van der Waals surface area contributed by atoms with E-state index in [1.54, 1.807) is 35.2 Å². The summed E-state index contributed by atoms with van der Waals surface area (Å²) in [6.07, 6.45) is 8.05. The zero-order valence-corrected chi connectivity index (χ0v) is 11.4. The Bertz CT molecular complexity index is 943. The fourth-order valence-electron chi connectivity index (χ4n) is 2.33. The summed E-state index contributed by atoms with van der Waals surface area (Å²) in [7, 11) is 0. The van der Waals surface area contributed by atoms with Crippen LogP contribution in [0.4, 0.5) is 0 Å². The van der Waals surface area contributed by atoms with Crippen molar-refractivity contribution in [3.05, 3.63) is 72.7 Å². The van der Waals surface area contributed by atoms with Gasteiger partial charge in [0.05, 0.1) is 23.7 Å². The van der Waals surface area contributed by atoms with Gasteiger partial charge in [-0.2, -0.15) is 5.10 Å². The quantitative estimate of drug-likeness (QED) is 0.542. The first kappa shape index (κ1) is 12.5. The lowest BCUT2D eigenvalue weighted by molar-refractivity contribution is 0.101. The maximum absolute atomic E-state index is 12.4. The van der Waals surface area contributed by atoms with Gasteiger partial charge in [0.2, 0.25) is 5.78 Å². The first-order chi connectivity index (χ1) is 10.8. The summed E-state index contributed by atoms with van der Waals surface area (Å²) in [6, 6.07) is 8.90. The summed E-state index contributed by atoms with van der Waals surface area (Å²) in [5.41, 5.74) is 2.69. The second kappa shape index (κ2) is 4.92. The predicted molar refractivity (Wildman–Crippen MR) is 78.4 cm³/mol. The van der Waals surface area contributed by atoms with Gasteiger partial charge in [0, 0.05) is 24.2 Å². The molecule has 0 radical (unpaired) electrons. The maximum atomic E-state index is 12.4. The number of nitrogens with zero attached hydrogens (tertiary/aromatic N) is 4. The van der Waals surface area contributed by atoms with Crippen LogP contribution < -0.4 is 0 Å². The van der Waals surface area contributed by atoms with Crippen molar-refractivity contribution in [2.24, 2.45) is 0 Å². The van der Waals surface area contributed by atoms with Crippen molar-refractivity contribution in [1.29, 1.82) is 0 Å². The Morgan fingerprint density at radius 2 is 1.95 bits per heavy atom. The highest BCUT2D eigenvalue weighted by Gasteiger charge is 2.19. The van der Waals surface area contributed by atoms with Crippen LogP contribution in [0.2, 0.25) is 0 Å². The number of hydrogen-bond donors (Lipinski definition) is 0. The predicted octanol–water partition coefficient (Wildman–Crippen LogP) is 2.62. The van der Waals surface area contributed by atoms with Crippen LogP contribution in [0.3, 0.4) is 0 Å². The molecule has 4 aromatic rings. The lowest BCUT2D eigenvalue weighted by atomic mass is 10.1. The molecule has 0 aliphatic heterocycles. The minimum atomic E-state index is -0.237. The normalized spacial score (nSPS) is 10.9. The van der Waals surface area contributed by atoms with Crippen LogP contribution in [0.25, 0.3) is 16.9 Å². The molecule has 4 aromatic heterocycles. The highest BCUT2D eigenvalue weighted by molar-refractivity contribution is 6.10. The summed E-state index contributed by atoms with van der Waals surface area (Å²) >= 11 is 0. The van der Waals surface area contributed by atoms with E-state index >= 15 is 0 Å². The van der Waals surface area contributed by atoms with Crippen molar-refractivity contribution in [2.45, 2.75) is 0 Å². The Hall–Kier alpha value is -3.28. The molecule has 0 N–H and O–H groups in total. The minimum Gasteiger partial charge on any atom is -0.461 e. The van der Waals surface area contributed by atoms with E-state index in [-0.39, 0.29) is 11.5 Å². The number of carbonyl (C=O) groups is 1. The molecular formula is C16H10N4O2. The fraction of sp³-hybridized carbons (Fsp3) is 0. The molecule has 0 fully saturated rings. The molecule has 4 heterocycles. The molecule has 6 nitrogen and oxygen atoms in total. The zero-order valence-electron chi connectivity index (χ0n) is 11.4. The number of carbonyl (C=O) groups excluding carboxylic acids is 1. The second-order valence-electron chi connectivity index (χ2n) is 4.67. The average molecular weight is 290 g/mol. The van der Waals surface area contributed by atoms with Crippen molar-refractivity contribution >= 4 is 11.4 Å². The Kier molecular flexibility index (Phi) is 2.79. The summed E-state index contributed by atoms with van der Waals surface area (Å²) in [5.74, 6) is 0.0328. The minimum absolute atomic E-state index is 0.237. The summed E-state index contributed by atoms with van der Waals surface area (Å²) < 4.78 is 6.80. The molecule has 0 saturated carbocycles. The van der Waals surface area contributed by atoms with Gasteiger partial charge in [0.15, 0.2) is 11.4 Å². The highest BCUT2D eigenvalue weighted by Crippen LogP contribution is 2.21. The van der Waals surface area contributed by atoms with Crippen molar-refractivity contribution < 1.29 is 9.21 Å². The van der Waals surface area contributed by atoms with Crippen LogP contribution in [0.5, 0.6) is 0 Å². The van der Waals surface area contributed by atoms with Gasteiger partial charge in [-0.25, -0.2) is 9.50 Å². The van der Waals surface area contributed by atoms with Crippen LogP contribution in [0, 0.1) is 0 Å². The van der Waals surface area contributed by atoms with E-state index in [4.69, 9.17) is 4.42 Å². The van der Waals surface area contributed by atoms with E-state index in [2.05, 4.69) is 15.1 Å². The average Bonchev–Trinajstić information content (AvgIpc) is 3.24. The van der Waals surface area contributed by atoms with Crippen LogP contribution in [-0.2, 0) is 0 Å². The van der Waals surface area contributed by atoms with Gasteiger partial charge in [0.25, 0.3) is 0 Å². The van der Waals surface area contributed by atoms with Crippen LogP contribution in [0.15, 0.2) is 65.8 Å². The number of rotatable bonds is 3. The van der Waals surface area contributed by atoms with Crippen LogP contribution in [0.1, 0.15) is 16.1 Å². The number of hydrogen-bond acceptors (Lipinski definition) is 5. The van der Waals surface area contributed by atoms with Crippen molar-refractivity contribution in [2.75, 3.05) is 0 Å². The molecule has 0 amide bonds. The molecule has 0 saturated heterocycles. The summed E-state index contributed by atoms with van der Waals surface area (Å²) in [5, 5.41) is 4.30. The number of aromatic nitrogens is 4. The standard InChI is InChI=1S/C16H10N4O2/c21-15(14-2-1-9-22-14)12-10-19-20-13(5-8-18-16(12)20)11-3-6-17-7-4-11/h1-10H. The van der Waals surface area contributed by atoms with E-state index in [0.717, 1.165) is 11.3 Å². The van der Waals surface area contributed by atoms with E-state index in [9.17, 15) is 4.79 Å². The first-order valence-electron chi connectivity index (χ1n) is 6.66. The Balaban J connectivity index is 1.89. The Labute approximate surface area is 125 Å². The van der Waals surface area contributed by atoms with Crippen LogP contribution in [-0.4, -0.2) is 25.4 Å². The third kappa shape index (κ3) is 1.89. The lowest BCUT2D eigenvalue weighted by Gasteiger charge is -2.04. The van der Waals surface area contributed by atoms with Gasteiger partial charge < -0.3 is 4.42 Å². The van der Waals surface area contributed by atoms with Gasteiger partial charge in [-0.05, 0) is 30.3 Å². The molecule has 0 unspecified atom stereocenters. The molecule has 0 aliphatic rings. The Morgan fingerprint density at radius 1 is 1.09 bits per heavy atom. The molecule has 0 atom stereocenters. The van der Waals surface area contributed by atoms with Crippen molar-refractivity contribution in [3.63, 3.8) is 0 Å². The number of furan rings is 1. The molecule has 0 spiro atoms. The highest BCUT2D eigenvalue weighted by atomic mass is 16.3. The van der Waals surface area contributed by atoms with Gasteiger partial charge in [0.1, 0.15) is 0 Å². The number of pyridine rings is 1. The summed E-state index contributed by atoms with van der Waals surface area (Å²) in [4.78, 5) is 20.7. The molecule has 0 aromatic carbocycles. The third-order valence-electron chi connectivity index (χ3n) is 3.37. The third-order valence-corrected chi connectivity index (χ3v) is 3.37. The molecule has 0 aliphatic carbocycles. The lowest BCUT2D eigenvalue weighted by Crippen LogP contribution is -2.01. The molecule has 6 heteroatoms. The molecular weight excluding hydrogens is 280 g/mol. The molecule has 22 heavy (non-hydrogen) atoms. The largest absolute Gasteiger partial charge is 0.461 e. The number of ketones is 1. The van der Waals surface area contributed by atoms with Crippen LogP contribution >= 0.6 is 0 Å². The SMILES string of the molecule is O=C(c1ccco1)c1cnn2c(-c3ccncc3)ccnc12. The van der Waals surface area contributed by atoms with Gasteiger partial charge in [-0.15, -0.1) is 0 Å². The molecule has 4 rings (SSSR count). The molecule has 106 valence electrons. The second-order valence-corrected chi connectivity index (χ2v) is 4.67. The molecule has 0 bridgehead atoms. The fourth-order valence-corrected chi connectivity index (χ4v) is 2.33. The smallest absolute Gasteiger partial charge is 0.233 e. The topological polar surface area (TPSA) is 73.3 Å². The number of fused-ring (bicyclic) bond motifs is 1. The zero-order chi connectivity index (χ0) is 14.9. The Morgan fingerprint density at radius 3 is 2.73 bits per heavy atom.